The third-order valence-corrected chi connectivity index (χ3v) is 9.65. The molecule has 10 nitrogen and oxygen atoms in total. The Kier molecular flexibility index (Phi) is 7.88. The number of piperazine rings is 1. The molecule has 2 saturated heterocycles. The fourth-order valence-electron chi connectivity index (χ4n) is 7.49. The summed E-state index contributed by atoms with van der Waals surface area (Å²) in [5.74, 6) is 0.890. The summed E-state index contributed by atoms with van der Waals surface area (Å²) in [6.07, 6.45) is 4.87. The standard InChI is InChI=1S/C33H45N7O3/c1-32(2,3)43-31(41)40-18-17-39(20-23(40)13-15-34)29-25-12-14-33(22-38(5)28-11-7-6-10-26(28)33)19-27(25)35-30(36-29)42-21-24-9-8-16-37(24)4/h6-7,10-11,23-24H,8-9,12-14,16-22H2,1-5H3/t23-,24-,33?/m0/s1. The first-order valence-corrected chi connectivity index (χ1v) is 15.7. The number of likely N-dealkylation sites (N-methyl/N-ethyl adjacent to an activating group) is 2. The highest BCUT2D eigenvalue weighted by molar-refractivity contribution is 5.69. The van der Waals surface area contributed by atoms with E-state index in [2.05, 4.69) is 59.1 Å². The quantitative estimate of drug-likeness (QED) is 0.511. The fraction of sp³-hybridized carbons (Fsp3) is 0.636. The second-order valence-corrected chi connectivity index (χ2v) is 13.8. The largest absolute Gasteiger partial charge is 0.462 e. The summed E-state index contributed by atoms with van der Waals surface area (Å²) in [6, 6.07) is 11.6. The molecule has 43 heavy (non-hydrogen) atoms. The maximum absolute atomic E-state index is 13.1. The van der Waals surface area contributed by atoms with E-state index in [4.69, 9.17) is 19.4 Å². The van der Waals surface area contributed by atoms with Crippen LogP contribution in [-0.2, 0) is 23.0 Å². The first-order valence-electron chi connectivity index (χ1n) is 15.7. The Morgan fingerprint density at radius 3 is 2.70 bits per heavy atom. The van der Waals surface area contributed by atoms with E-state index >= 15 is 0 Å². The Morgan fingerprint density at radius 1 is 1.14 bits per heavy atom. The number of hydrogen-bond acceptors (Lipinski definition) is 9. The molecule has 1 unspecified atom stereocenters. The Labute approximate surface area is 255 Å². The molecule has 0 radical (unpaired) electrons. The third kappa shape index (κ3) is 5.84. The molecule has 4 heterocycles. The van der Waals surface area contributed by atoms with Crippen molar-refractivity contribution in [2.45, 2.75) is 82.4 Å². The zero-order valence-electron chi connectivity index (χ0n) is 26.3. The Balaban J connectivity index is 1.31. The van der Waals surface area contributed by atoms with Crippen LogP contribution in [0.1, 0.15) is 63.3 Å². The van der Waals surface area contributed by atoms with Crippen LogP contribution < -0.4 is 14.5 Å². The number of para-hydroxylation sites is 1. The number of anilines is 2. The summed E-state index contributed by atoms with van der Waals surface area (Å²) in [5, 5.41) is 9.66. The molecule has 0 saturated carbocycles. The predicted octanol–water partition coefficient (Wildman–Crippen LogP) is 4.17. The van der Waals surface area contributed by atoms with E-state index in [0.717, 1.165) is 50.3 Å². The molecule has 1 aromatic carbocycles. The van der Waals surface area contributed by atoms with Crippen molar-refractivity contribution in [3.63, 3.8) is 0 Å². The van der Waals surface area contributed by atoms with Crippen LogP contribution >= 0.6 is 0 Å². The van der Waals surface area contributed by atoms with Gasteiger partial charge >= 0.3 is 12.1 Å². The third-order valence-electron chi connectivity index (χ3n) is 9.65. The van der Waals surface area contributed by atoms with Gasteiger partial charge in [0.1, 0.15) is 18.0 Å². The van der Waals surface area contributed by atoms with E-state index in [1.54, 1.807) is 4.90 Å². The zero-order valence-corrected chi connectivity index (χ0v) is 26.3. The lowest BCUT2D eigenvalue weighted by molar-refractivity contribution is 0.0144. The van der Waals surface area contributed by atoms with Gasteiger partial charge < -0.3 is 29.1 Å². The van der Waals surface area contributed by atoms with E-state index in [1.807, 2.05) is 20.8 Å². The number of carbonyl (C=O) groups excluding carboxylic acids is 1. The lowest BCUT2D eigenvalue weighted by Gasteiger charge is -2.43. The maximum Gasteiger partial charge on any atom is 0.410 e. The molecule has 10 heteroatoms. The Bertz CT molecular complexity index is 1400. The average Bonchev–Trinajstić information content (AvgIpc) is 3.50. The minimum absolute atomic E-state index is 0.00562. The van der Waals surface area contributed by atoms with Crippen LogP contribution in [0, 0.1) is 11.3 Å². The van der Waals surface area contributed by atoms with Crippen molar-refractivity contribution in [3.05, 3.63) is 41.1 Å². The molecule has 0 bridgehead atoms. The second kappa shape index (κ2) is 11.5. The molecule has 230 valence electrons. The van der Waals surface area contributed by atoms with Crippen molar-refractivity contribution >= 4 is 17.6 Å². The summed E-state index contributed by atoms with van der Waals surface area (Å²) in [6.45, 7) is 9.79. The maximum atomic E-state index is 13.1. The van der Waals surface area contributed by atoms with Crippen molar-refractivity contribution in [1.29, 1.82) is 5.26 Å². The van der Waals surface area contributed by atoms with Crippen LogP contribution in [0.3, 0.4) is 0 Å². The molecule has 0 N–H and O–H groups in total. The molecule has 1 aliphatic carbocycles. The van der Waals surface area contributed by atoms with Gasteiger partial charge in [-0.2, -0.15) is 15.2 Å². The molecule has 4 aliphatic rings. The van der Waals surface area contributed by atoms with Crippen LogP contribution in [-0.4, -0.2) is 97.0 Å². The highest BCUT2D eigenvalue weighted by Gasteiger charge is 2.45. The number of fused-ring (bicyclic) bond motifs is 3. The normalized spacial score (nSPS) is 25.4. The van der Waals surface area contributed by atoms with Crippen molar-refractivity contribution in [1.82, 2.24) is 19.8 Å². The van der Waals surface area contributed by atoms with Gasteiger partial charge in [-0.15, -0.1) is 0 Å². The van der Waals surface area contributed by atoms with Gasteiger partial charge in [0.25, 0.3) is 0 Å². The first kappa shape index (κ1) is 29.5. The summed E-state index contributed by atoms with van der Waals surface area (Å²) in [7, 11) is 4.33. The van der Waals surface area contributed by atoms with Crippen LogP contribution in [0.15, 0.2) is 24.3 Å². The molecular formula is C33H45N7O3. The topological polar surface area (TPSA) is 98.1 Å². The minimum atomic E-state index is -0.598. The number of aromatic nitrogens is 2. The van der Waals surface area contributed by atoms with Crippen molar-refractivity contribution in [2.24, 2.45) is 0 Å². The Morgan fingerprint density at radius 2 is 1.95 bits per heavy atom. The number of hydrogen-bond donors (Lipinski definition) is 0. The number of nitrogens with zero attached hydrogens (tertiary/aromatic N) is 7. The van der Waals surface area contributed by atoms with Crippen LogP contribution in [0.2, 0.25) is 0 Å². The summed E-state index contributed by atoms with van der Waals surface area (Å²) >= 11 is 0. The lowest BCUT2D eigenvalue weighted by atomic mass is 9.70. The van der Waals surface area contributed by atoms with Gasteiger partial charge in [-0.3, -0.25) is 0 Å². The van der Waals surface area contributed by atoms with Crippen LogP contribution in [0.25, 0.3) is 0 Å². The molecule has 2 aromatic rings. The van der Waals surface area contributed by atoms with Crippen LogP contribution in [0.5, 0.6) is 6.01 Å². The molecular weight excluding hydrogens is 542 g/mol. The van der Waals surface area contributed by atoms with Gasteiger partial charge in [0, 0.05) is 62.4 Å². The van der Waals surface area contributed by atoms with E-state index < -0.39 is 5.60 Å². The average molecular weight is 588 g/mol. The Hall–Kier alpha value is -3.58. The van der Waals surface area contributed by atoms with E-state index in [0.29, 0.717) is 38.3 Å². The van der Waals surface area contributed by atoms with Gasteiger partial charge in [0.2, 0.25) is 0 Å². The van der Waals surface area contributed by atoms with Gasteiger partial charge in [0.05, 0.1) is 24.2 Å². The fourth-order valence-corrected chi connectivity index (χ4v) is 7.49. The van der Waals surface area contributed by atoms with E-state index in [-0.39, 0.29) is 24.0 Å². The molecule has 1 spiro atoms. The second-order valence-electron chi connectivity index (χ2n) is 13.8. The lowest BCUT2D eigenvalue weighted by Crippen LogP contribution is -2.56. The SMILES string of the molecule is CN1CC2(CCc3c(nc(OC[C@@H]4CCCN4C)nc3N3CCN(C(=O)OC(C)(C)C)[C@@H](CC#N)C3)C2)c2ccccc21. The molecule has 1 amide bonds. The predicted molar refractivity (Wildman–Crippen MR) is 166 cm³/mol. The molecule has 2 fully saturated rings. The minimum Gasteiger partial charge on any atom is -0.462 e. The van der Waals surface area contributed by atoms with Gasteiger partial charge in [-0.05, 0) is 71.7 Å². The zero-order chi connectivity index (χ0) is 30.4. The number of likely N-dealkylation sites (tertiary alicyclic amines) is 1. The highest BCUT2D eigenvalue weighted by Crippen LogP contribution is 2.48. The van der Waals surface area contributed by atoms with Crippen LogP contribution in [0.4, 0.5) is 16.3 Å². The molecule has 1 aromatic heterocycles. The molecule has 3 atom stereocenters. The molecule has 3 aliphatic heterocycles. The van der Waals surface area contributed by atoms with Gasteiger partial charge in [-0.1, -0.05) is 18.2 Å². The van der Waals surface area contributed by atoms with Gasteiger partial charge in [-0.25, -0.2) is 4.79 Å². The smallest absolute Gasteiger partial charge is 0.410 e. The van der Waals surface area contributed by atoms with Crippen molar-refractivity contribution < 1.29 is 14.3 Å². The number of benzene rings is 1. The van der Waals surface area contributed by atoms with Crippen molar-refractivity contribution in [3.8, 4) is 12.1 Å². The van der Waals surface area contributed by atoms with Gasteiger partial charge in [0.15, 0.2) is 0 Å². The molecule has 6 rings (SSSR count). The summed E-state index contributed by atoms with van der Waals surface area (Å²) < 4.78 is 12.0. The summed E-state index contributed by atoms with van der Waals surface area (Å²) in [5.41, 5.74) is 4.34. The highest BCUT2D eigenvalue weighted by atomic mass is 16.6. The first-order chi connectivity index (χ1) is 20.6. The number of rotatable bonds is 5. The monoisotopic (exact) mass is 587 g/mol. The van der Waals surface area contributed by atoms with E-state index in [9.17, 15) is 10.1 Å². The summed E-state index contributed by atoms with van der Waals surface area (Å²) in [4.78, 5) is 31.9. The number of nitriles is 1. The number of carbonyl (C=O) groups is 1. The van der Waals surface area contributed by atoms with Crippen molar-refractivity contribution in [2.75, 3.05) is 63.2 Å². The van der Waals surface area contributed by atoms with E-state index in [1.165, 1.54) is 23.2 Å². The number of amides is 1. The number of ether oxygens (including phenoxy) is 2.